The van der Waals surface area contributed by atoms with Crippen LogP contribution in [-0.2, 0) is 21.4 Å². The van der Waals surface area contributed by atoms with Gasteiger partial charge in [-0.05, 0) is 49.1 Å². The lowest BCUT2D eigenvalue weighted by atomic mass is 10.2. The lowest BCUT2D eigenvalue weighted by Gasteiger charge is -2.19. The minimum atomic E-state index is -3.45. The van der Waals surface area contributed by atoms with Crippen LogP contribution in [0.5, 0.6) is 5.75 Å². The molecule has 0 bridgehead atoms. The molecule has 2 aromatic rings. The van der Waals surface area contributed by atoms with E-state index in [9.17, 15) is 13.2 Å². The molecular formula is C21H26N2O4S. The minimum Gasteiger partial charge on any atom is -0.483 e. The molecule has 7 heteroatoms. The van der Waals surface area contributed by atoms with Gasteiger partial charge in [0.1, 0.15) is 5.75 Å². The molecule has 1 heterocycles. The SMILES string of the molecule is Cc1cc(S(=O)(=O)N2CCCC2)ccc1OCC(=O)N(C)Cc1ccccc1. The molecule has 3 rings (SSSR count). The normalized spacial score (nSPS) is 14.8. The Labute approximate surface area is 166 Å². The van der Waals surface area contributed by atoms with Crippen LogP contribution in [0.1, 0.15) is 24.0 Å². The van der Waals surface area contributed by atoms with Crippen LogP contribution in [0.4, 0.5) is 0 Å². The number of hydrogen-bond donors (Lipinski definition) is 0. The first-order chi connectivity index (χ1) is 13.4. The lowest BCUT2D eigenvalue weighted by Crippen LogP contribution is -2.31. The Morgan fingerprint density at radius 3 is 2.43 bits per heavy atom. The minimum absolute atomic E-state index is 0.0948. The van der Waals surface area contributed by atoms with Crippen molar-refractivity contribution in [2.24, 2.45) is 0 Å². The molecule has 0 radical (unpaired) electrons. The third-order valence-electron chi connectivity index (χ3n) is 4.89. The number of sulfonamides is 1. The van der Waals surface area contributed by atoms with Crippen LogP contribution in [0.25, 0.3) is 0 Å². The summed E-state index contributed by atoms with van der Waals surface area (Å²) in [7, 11) is -1.72. The zero-order valence-electron chi connectivity index (χ0n) is 16.3. The van der Waals surface area contributed by atoms with Crippen molar-refractivity contribution in [3.63, 3.8) is 0 Å². The van der Waals surface area contributed by atoms with Gasteiger partial charge < -0.3 is 9.64 Å². The first-order valence-electron chi connectivity index (χ1n) is 9.39. The van der Waals surface area contributed by atoms with E-state index in [0.29, 0.717) is 30.9 Å². The Morgan fingerprint density at radius 1 is 1.11 bits per heavy atom. The molecule has 2 aromatic carbocycles. The monoisotopic (exact) mass is 402 g/mol. The second-order valence-corrected chi connectivity index (χ2v) is 9.00. The predicted molar refractivity (Wildman–Crippen MR) is 108 cm³/mol. The fourth-order valence-electron chi connectivity index (χ4n) is 3.22. The van der Waals surface area contributed by atoms with Gasteiger partial charge in [0, 0.05) is 26.7 Å². The van der Waals surface area contributed by atoms with Crippen molar-refractivity contribution in [2.45, 2.75) is 31.2 Å². The van der Waals surface area contributed by atoms with E-state index in [1.165, 1.54) is 4.31 Å². The zero-order valence-corrected chi connectivity index (χ0v) is 17.1. The molecule has 0 atom stereocenters. The highest BCUT2D eigenvalue weighted by molar-refractivity contribution is 7.89. The van der Waals surface area contributed by atoms with E-state index in [0.717, 1.165) is 18.4 Å². The molecule has 1 aliphatic heterocycles. The highest BCUT2D eigenvalue weighted by Gasteiger charge is 2.27. The number of nitrogens with zero attached hydrogens (tertiary/aromatic N) is 2. The summed E-state index contributed by atoms with van der Waals surface area (Å²) in [4.78, 5) is 14.2. The van der Waals surface area contributed by atoms with E-state index < -0.39 is 10.0 Å². The third-order valence-corrected chi connectivity index (χ3v) is 6.78. The number of hydrogen-bond acceptors (Lipinski definition) is 4. The Kier molecular flexibility index (Phi) is 6.36. The molecule has 1 saturated heterocycles. The largest absolute Gasteiger partial charge is 0.483 e. The topological polar surface area (TPSA) is 66.9 Å². The third kappa shape index (κ3) is 4.72. The summed E-state index contributed by atoms with van der Waals surface area (Å²) in [5.41, 5.74) is 1.74. The lowest BCUT2D eigenvalue weighted by molar-refractivity contribution is -0.132. The van der Waals surface area contributed by atoms with Crippen LogP contribution in [0.2, 0.25) is 0 Å². The van der Waals surface area contributed by atoms with Gasteiger partial charge in [0.25, 0.3) is 5.91 Å². The standard InChI is InChI=1S/C21H26N2O4S/c1-17-14-19(28(25,26)23-12-6-7-13-23)10-11-20(17)27-16-21(24)22(2)15-18-8-4-3-5-9-18/h3-5,8-11,14H,6-7,12-13,15-16H2,1-2H3. The van der Waals surface area contributed by atoms with Gasteiger partial charge in [-0.25, -0.2) is 8.42 Å². The summed E-state index contributed by atoms with van der Waals surface area (Å²) in [5.74, 6) is 0.374. The Morgan fingerprint density at radius 2 is 1.79 bits per heavy atom. The maximum absolute atomic E-state index is 12.7. The summed E-state index contributed by atoms with van der Waals surface area (Å²) >= 11 is 0. The van der Waals surface area contributed by atoms with Crippen molar-refractivity contribution >= 4 is 15.9 Å². The van der Waals surface area contributed by atoms with Gasteiger partial charge in [0.15, 0.2) is 6.61 Å². The van der Waals surface area contributed by atoms with Gasteiger partial charge in [-0.3, -0.25) is 4.79 Å². The number of aryl methyl sites for hydroxylation is 1. The second-order valence-electron chi connectivity index (χ2n) is 7.06. The predicted octanol–water partition coefficient (Wildman–Crippen LogP) is 2.82. The molecule has 0 spiro atoms. The zero-order chi connectivity index (χ0) is 20.1. The maximum Gasteiger partial charge on any atom is 0.260 e. The van der Waals surface area contributed by atoms with E-state index in [4.69, 9.17) is 4.74 Å². The van der Waals surface area contributed by atoms with Crippen LogP contribution < -0.4 is 4.74 Å². The highest BCUT2D eigenvalue weighted by Crippen LogP contribution is 2.26. The van der Waals surface area contributed by atoms with Crippen LogP contribution in [-0.4, -0.2) is 50.3 Å². The van der Waals surface area contributed by atoms with Gasteiger partial charge in [0.2, 0.25) is 10.0 Å². The molecular weight excluding hydrogens is 376 g/mol. The first-order valence-corrected chi connectivity index (χ1v) is 10.8. The quantitative estimate of drug-likeness (QED) is 0.714. The second kappa shape index (κ2) is 8.75. The number of benzene rings is 2. The molecule has 6 nitrogen and oxygen atoms in total. The van der Waals surface area contributed by atoms with Crippen molar-refractivity contribution in [1.29, 1.82) is 0 Å². The Bertz CT molecular complexity index is 923. The fraction of sp³-hybridized carbons (Fsp3) is 0.381. The first kappa shape index (κ1) is 20.4. The smallest absolute Gasteiger partial charge is 0.260 e. The van der Waals surface area contributed by atoms with Crippen molar-refractivity contribution in [2.75, 3.05) is 26.7 Å². The average Bonchev–Trinajstić information content (AvgIpc) is 3.23. The number of rotatable bonds is 7. The molecule has 0 aliphatic carbocycles. The van der Waals surface area contributed by atoms with E-state index >= 15 is 0 Å². The van der Waals surface area contributed by atoms with Crippen molar-refractivity contribution < 1.29 is 17.9 Å². The van der Waals surface area contributed by atoms with Gasteiger partial charge in [-0.2, -0.15) is 4.31 Å². The summed E-state index contributed by atoms with van der Waals surface area (Å²) in [5, 5.41) is 0. The number of likely N-dealkylation sites (N-methyl/N-ethyl adjacent to an activating group) is 1. The summed E-state index contributed by atoms with van der Waals surface area (Å²) in [6.07, 6.45) is 1.80. The molecule has 0 saturated carbocycles. The van der Waals surface area contributed by atoms with Gasteiger partial charge in [0.05, 0.1) is 4.90 Å². The van der Waals surface area contributed by atoms with E-state index in [-0.39, 0.29) is 17.4 Å². The number of carbonyl (C=O) groups is 1. The fourth-order valence-corrected chi connectivity index (χ4v) is 4.82. The van der Waals surface area contributed by atoms with Gasteiger partial charge in [-0.1, -0.05) is 30.3 Å². The van der Waals surface area contributed by atoms with Gasteiger partial charge >= 0.3 is 0 Å². The number of amides is 1. The maximum atomic E-state index is 12.7. The molecule has 1 fully saturated rings. The van der Waals surface area contributed by atoms with Crippen molar-refractivity contribution in [3.8, 4) is 5.75 Å². The number of carbonyl (C=O) groups excluding carboxylic acids is 1. The summed E-state index contributed by atoms with van der Waals surface area (Å²) in [6, 6.07) is 14.5. The molecule has 0 N–H and O–H groups in total. The molecule has 1 aliphatic rings. The molecule has 28 heavy (non-hydrogen) atoms. The Balaban J connectivity index is 1.61. The summed E-state index contributed by atoms with van der Waals surface area (Å²) < 4.78 is 32.5. The molecule has 0 aromatic heterocycles. The van der Waals surface area contributed by atoms with E-state index in [1.807, 2.05) is 30.3 Å². The van der Waals surface area contributed by atoms with Crippen LogP contribution in [0.15, 0.2) is 53.4 Å². The molecule has 0 unspecified atom stereocenters. The number of ether oxygens (including phenoxy) is 1. The highest BCUT2D eigenvalue weighted by atomic mass is 32.2. The van der Waals surface area contributed by atoms with E-state index in [2.05, 4.69) is 0 Å². The van der Waals surface area contributed by atoms with Crippen molar-refractivity contribution in [1.82, 2.24) is 9.21 Å². The van der Waals surface area contributed by atoms with Crippen LogP contribution in [0.3, 0.4) is 0 Å². The van der Waals surface area contributed by atoms with E-state index in [1.54, 1.807) is 37.1 Å². The van der Waals surface area contributed by atoms with Crippen LogP contribution in [0, 0.1) is 6.92 Å². The molecule has 150 valence electrons. The average molecular weight is 403 g/mol. The van der Waals surface area contributed by atoms with Gasteiger partial charge in [-0.15, -0.1) is 0 Å². The summed E-state index contributed by atoms with van der Waals surface area (Å²) in [6.45, 7) is 3.34. The van der Waals surface area contributed by atoms with Crippen LogP contribution >= 0.6 is 0 Å². The van der Waals surface area contributed by atoms with Crippen molar-refractivity contribution in [3.05, 3.63) is 59.7 Å². The Hall–Kier alpha value is -2.38. The molecule has 1 amide bonds.